The highest BCUT2D eigenvalue weighted by molar-refractivity contribution is 7.61. The van der Waals surface area contributed by atoms with E-state index in [1.54, 1.807) is 0 Å². The second kappa shape index (κ2) is 11.9. The first-order valence-corrected chi connectivity index (χ1v) is 12.3. The Morgan fingerprint density at radius 1 is 0.767 bits per heavy atom. The van der Waals surface area contributed by atoms with Crippen molar-refractivity contribution in [3.63, 3.8) is 0 Å². The fourth-order valence-electron chi connectivity index (χ4n) is 1.73. The van der Waals surface area contributed by atoms with E-state index in [1.807, 2.05) is 41.5 Å². The van der Waals surface area contributed by atoms with Crippen LogP contribution < -0.4 is 5.57 Å². The largest absolute Gasteiger partial charge is 0.398 e. The zero-order chi connectivity index (χ0) is 23.2. The van der Waals surface area contributed by atoms with Crippen molar-refractivity contribution < 1.29 is 23.1 Å². The average Bonchev–Trinajstić information content (AvgIpc) is 2.59. The molecule has 0 aliphatic carbocycles. The van der Waals surface area contributed by atoms with Crippen LogP contribution >= 0.6 is 54.0 Å². The molecule has 2 atom stereocenters. The van der Waals surface area contributed by atoms with Gasteiger partial charge in [0.05, 0.1) is 48.4 Å². The van der Waals surface area contributed by atoms with Gasteiger partial charge in [0.15, 0.2) is 0 Å². The summed E-state index contributed by atoms with van der Waals surface area (Å²) in [5.74, 6) is 0. The van der Waals surface area contributed by atoms with Gasteiger partial charge in [-0.2, -0.15) is 15.0 Å². The molecule has 0 bridgehead atoms. The van der Waals surface area contributed by atoms with Crippen LogP contribution in [0.5, 0.6) is 0 Å². The molecule has 0 amide bonds. The van der Waals surface area contributed by atoms with Crippen molar-refractivity contribution in [2.24, 2.45) is 0 Å². The van der Waals surface area contributed by atoms with Crippen LogP contribution in [-0.4, -0.2) is 63.3 Å². The van der Waals surface area contributed by atoms with Crippen LogP contribution in [0.2, 0.25) is 10.6 Å². The molecule has 0 N–H and O–H groups in total. The minimum atomic E-state index is -4.07. The van der Waals surface area contributed by atoms with Crippen molar-refractivity contribution in [2.75, 3.05) is 26.4 Å². The first-order chi connectivity index (χ1) is 13.6. The van der Waals surface area contributed by atoms with Crippen molar-refractivity contribution >= 4 is 59.6 Å². The SMILES string of the molecule is CC(C)(C)OCC(Cl)COP(=O)(OCC(Cl)COC(C)(C)C)c1nc(Cl)nc(Cl)n1. The zero-order valence-corrected chi connectivity index (χ0v) is 21.7. The lowest BCUT2D eigenvalue weighted by Gasteiger charge is -2.24. The van der Waals surface area contributed by atoms with Crippen LogP contribution in [0, 0.1) is 0 Å². The molecule has 174 valence electrons. The molecule has 0 radical (unpaired) electrons. The van der Waals surface area contributed by atoms with E-state index < -0.39 is 18.3 Å². The van der Waals surface area contributed by atoms with Gasteiger partial charge in [-0.05, 0) is 64.7 Å². The van der Waals surface area contributed by atoms with Crippen LogP contribution in [-0.2, 0) is 23.1 Å². The van der Waals surface area contributed by atoms with Gasteiger partial charge in [0.1, 0.15) is 0 Å². The number of ether oxygens (including phenoxy) is 2. The first-order valence-electron chi connectivity index (χ1n) is 9.12. The predicted octanol–water partition coefficient (Wildman–Crippen LogP) is 4.88. The van der Waals surface area contributed by atoms with E-state index in [1.165, 1.54) is 0 Å². The summed E-state index contributed by atoms with van der Waals surface area (Å²) in [7, 11) is -4.07. The molecule has 1 aromatic heterocycles. The van der Waals surface area contributed by atoms with Gasteiger partial charge in [0, 0.05) is 0 Å². The molecular formula is C17H28Cl4N3O5P. The van der Waals surface area contributed by atoms with Crippen molar-refractivity contribution in [1.29, 1.82) is 0 Å². The predicted molar refractivity (Wildman–Crippen MR) is 120 cm³/mol. The van der Waals surface area contributed by atoms with Gasteiger partial charge in [-0.3, -0.25) is 4.57 Å². The van der Waals surface area contributed by atoms with E-state index >= 15 is 0 Å². The second-order valence-electron chi connectivity index (χ2n) is 8.30. The number of halogens is 4. The number of rotatable bonds is 11. The summed E-state index contributed by atoms with van der Waals surface area (Å²) in [5.41, 5.74) is -1.11. The number of hydrogen-bond donors (Lipinski definition) is 0. The summed E-state index contributed by atoms with van der Waals surface area (Å²) >= 11 is 24.1. The Labute approximate surface area is 197 Å². The van der Waals surface area contributed by atoms with Crippen molar-refractivity contribution in [3.05, 3.63) is 10.6 Å². The smallest absolute Gasteiger partial charge is 0.374 e. The van der Waals surface area contributed by atoms with Gasteiger partial charge >= 0.3 is 7.60 Å². The normalized spacial score (nSPS) is 16.9. The van der Waals surface area contributed by atoms with E-state index in [9.17, 15) is 4.57 Å². The van der Waals surface area contributed by atoms with Crippen LogP contribution in [0.1, 0.15) is 41.5 Å². The molecule has 0 spiro atoms. The number of aromatic nitrogens is 3. The van der Waals surface area contributed by atoms with Crippen LogP contribution in [0.4, 0.5) is 0 Å². The molecule has 0 aliphatic rings. The Kier molecular flexibility index (Phi) is 11.2. The van der Waals surface area contributed by atoms with Crippen LogP contribution in [0.3, 0.4) is 0 Å². The molecule has 2 unspecified atom stereocenters. The van der Waals surface area contributed by atoms with Gasteiger partial charge in [-0.25, -0.2) is 0 Å². The molecule has 1 rings (SSSR count). The van der Waals surface area contributed by atoms with Gasteiger partial charge < -0.3 is 18.5 Å². The standard InChI is InChI=1S/C17H28Cl4N3O5P/c1-16(2,3)26-7-11(18)9-28-30(25,15-23-13(20)22-14(21)24-15)29-10-12(19)8-27-17(4,5)6/h11-12H,7-10H2,1-6H3. The summed E-state index contributed by atoms with van der Waals surface area (Å²) < 4.78 is 35.6. The molecule has 13 heteroatoms. The third-order valence-electron chi connectivity index (χ3n) is 3.06. The molecule has 0 aromatic carbocycles. The van der Waals surface area contributed by atoms with Crippen molar-refractivity contribution in [3.8, 4) is 0 Å². The van der Waals surface area contributed by atoms with E-state index in [0.29, 0.717) is 0 Å². The summed E-state index contributed by atoms with van der Waals surface area (Å²) in [6.07, 6.45) is 0. The fraction of sp³-hybridized carbons (Fsp3) is 0.824. The quantitative estimate of drug-likeness (QED) is 0.297. The summed E-state index contributed by atoms with van der Waals surface area (Å²) in [6, 6.07) is 0. The third-order valence-corrected chi connectivity index (χ3v) is 5.57. The van der Waals surface area contributed by atoms with Crippen molar-refractivity contribution in [2.45, 2.75) is 63.5 Å². The molecular weight excluding hydrogens is 499 g/mol. The zero-order valence-electron chi connectivity index (χ0n) is 17.8. The van der Waals surface area contributed by atoms with E-state index in [0.717, 1.165) is 0 Å². The van der Waals surface area contributed by atoms with E-state index in [-0.39, 0.29) is 53.8 Å². The topological polar surface area (TPSA) is 92.7 Å². The lowest BCUT2D eigenvalue weighted by Crippen LogP contribution is -2.29. The molecule has 0 fully saturated rings. The third kappa shape index (κ3) is 11.7. The second-order valence-corrected chi connectivity index (χ2v) is 12.1. The first kappa shape index (κ1) is 28.3. The van der Waals surface area contributed by atoms with Crippen molar-refractivity contribution in [1.82, 2.24) is 15.0 Å². The summed E-state index contributed by atoms with van der Waals surface area (Å²) in [5, 5.41) is -1.72. The number of hydrogen-bond acceptors (Lipinski definition) is 8. The Morgan fingerprint density at radius 2 is 1.13 bits per heavy atom. The number of alkyl halides is 2. The van der Waals surface area contributed by atoms with Gasteiger partial charge in [-0.15, -0.1) is 23.2 Å². The van der Waals surface area contributed by atoms with Crippen LogP contribution in [0.15, 0.2) is 0 Å². The van der Waals surface area contributed by atoms with Gasteiger partial charge in [-0.1, -0.05) is 0 Å². The Bertz CT molecular complexity index is 678. The lowest BCUT2D eigenvalue weighted by molar-refractivity contribution is -0.00813. The van der Waals surface area contributed by atoms with Gasteiger partial charge in [0.2, 0.25) is 16.1 Å². The maximum Gasteiger partial charge on any atom is 0.398 e. The van der Waals surface area contributed by atoms with E-state index in [2.05, 4.69) is 15.0 Å². The molecule has 0 saturated carbocycles. The Hall–Kier alpha value is 0.240. The highest BCUT2D eigenvalue weighted by atomic mass is 35.5. The maximum absolute atomic E-state index is 13.4. The summed E-state index contributed by atoms with van der Waals surface area (Å²) in [4.78, 5) is 11.3. The Morgan fingerprint density at radius 3 is 1.47 bits per heavy atom. The highest BCUT2D eigenvalue weighted by Crippen LogP contribution is 2.46. The summed E-state index contributed by atoms with van der Waals surface area (Å²) in [6.45, 7) is 11.3. The average molecular weight is 527 g/mol. The fourth-order valence-corrected chi connectivity index (χ4v) is 4.13. The monoisotopic (exact) mass is 525 g/mol. The maximum atomic E-state index is 13.4. The highest BCUT2D eigenvalue weighted by Gasteiger charge is 2.35. The minimum Gasteiger partial charge on any atom is -0.374 e. The molecule has 0 saturated heterocycles. The minimum absolute atomic E-state index is 0.165. The Balaban J connectivity index is 2.87. The lowest BCUT2D eigenvalue weighted by atomic mass is 10.2. The van der Waals surface area contributed by atoms with Gasteiger partial charge in [0.25, 0.3) is 0 Å². The molecule has 1 aromatic rings. The molecule has 0 aliphatic heterocycles. The van der Waals surface area contributed by atoms with Crippen LogP contribution in [0.25, 0.3) is 0 Å². The molecule has 8 nitrogen and oxygen atoms in total. The van der Waals surface area contributed by atoms with E-state index in [4.69, 9.17) is 64.9 Å². The molecule has 30 heavy (non-hydrogen) atoms. The number of nitrogens with zero attached hydrogens (tertiary/aromatic N) is 3. The molecule has 1 heterocycles.